The molecular formula is C10H11N3S. The standard InChI is InChI=1S/C10H11N3S/c1-3-11-9(7-2-4-14-5-7)10-8(1)12-6-13-10/h2,4-6,9,11H,1,3H2,(H,12,13). The van der Waals surface area contributed by atoms with E-state index in [1.807, 2.05) is 0 Å². The van der Waals surface area contributed by atoms with Gasteiger partial charge in [0.25, 0.3) is 0 Å². The lowest BCUT2D eigenvalue weighted by Gasteiger charge is -2.22. The van der Waals surface area contributed by atoms with Gasteiger partial charge >= 0.3 is 0 Å². The SMILES string of the molecule is c1nc2c([nH]1)CCNC2c1ccsc1. The van der Waals surface area contributed by atoms with Gasteiger partial charge in [0.05, 0.1) is 18.1 Å². The van der Waals surface area contributed by atoms with Crippen LogP contribution in [0.2, 0.25) is 0 Å². The number of aromatic nitrogens is 2. The first kappa shape index (κ1) is 8.20. The van der Waals surface area contributed by atoms with E-state index >= 15 is 0 Å². The number of nitrogens with zero attached hydrogens (tertiary/aromatic N) is 1. The highest BCUT2D eigenvalue weighted by molar-refractivity contribution is 7.08. The molecule has 0 radical (unpaired) electrons. The molecule has 1 aliphatic heterocycles. The Morgan fingerprint density at radius 3 is 3.36 bits per heavy atom. The summed E-state index contributed by atoms with van der Waals surface area (Å²) in [4.78, 5) is 7.58. The fourth-order valence-corrected chi connectivity index (χ4v) is 2.62. The van der Waals surface area contributed by atoms with Gasteiger partial charge in [-0.3, -0.25) is 0 Å². The minimum absolute atomic E-state index is 0.288. The van der Waals surface area contributed by atoms with Crippen LogP contribution in [-0.4, -0.2) is 16.5 Å². The van der Waals surface area contributed by atoms with Crippen LogP contribution < -0.4 is 5.32 Å². The number of H-pyrrole nitrogens is 1. The van der Waals surface area contributed by atoms with Gasteiger partial charge in [-0.05, 0) is 22.4 Å². The van der Waals surface area contributed by atoms with Crippen LogP contribution in [0.3, 0.4) is 0 Å². The number of nitrogens with one attached hydrogen (secondary N) is 2. The maximum atomic E-state index is 4.38. The average Bonchev–Trinajstić information content (AvgIpc) is 2.88. The Morgan fingerprint density at radius 1 is 1.50 bits per heavy atom. The van der Waals surface area contributed by atoms with Crippen LogP contribution >= 0.6 is 11.3 Å². The largest absolute Gasteiger partial charge is 0.348 e. The summed E-state index contributed by atoms with van der Waals surface area (Å²) >= 11 is 1.73. The van der Waals surface area contributed by atoms with Crippen molar-refractivity contribution < 1.29 is 0 Å². The Balaban J connectivity index is 2.04. The second kappa shape index (κ2) is 3.22. The summed E-state index contributed by atoms with van der Waals surface area (Å²) in [7, 11) is 0. The third-order valence-corrected chi connectivity index (χ3v) is 3.33. The van der Waals surface area contributed by atoms with Crippen LogP contribution in [0.4, 0.5) is 0 Å². The van der Waals surface area contributed by atoms with E-state index in [2.05, 4.69) is 32.1 Å². The molecule has 0 fully saturated rings. The van der Waals surface area contributed by atoms with Crippen LogP contribution in [0.1, 0.15) is 23.0 Å². The second-order valence-corrected chi connectivity index (χ2v) is 4.24. The molecule has 0 bridgehead atoms. The summed E-state index contributed by atoms with van der Waals surface area (Å²) in [6.45, 7) is 1.02. The minimum Gasteiger partial charge on any atom is -0.348 e. The van der Waals surface area contributed by atoms with Crippen LogP contribution in [0.25, 0.3) is 0 Å². The van der Waals surface area contributed by atoms with Crippen molar-refractivity contribution in [2.75, 3.05) is 6.54 Å². The highest BCUT2D eigenvalue weighted by atomic mass is 32.1. The number of hydrogen-bond donors (Lipinski definition) is 2. The summed E-state index contributed by atoms with van der Waals surface area (Å²) in [6, 6.07) is 2.45. The number of thiophene rings is 1. The molecular weight excluding hydrogens is 194 g/mol. The summed E-state index contributed by atoms with van der Waals surface area (Å²) in [5, 5.41) is 7.78. The van der Waals surface area contributed by atoms with Crippen LogP contribution in [-0.2, 0) is 6.42 Å². The molecule has 0 aromatic carbocycles. The van der Waals surface area contributed by atoms with E-state index in [4.69, 9.17) is 0 Å². The number of aromatic amines is 1. The Bertz CT molecular complexity index is 418. The van der Waals surface area contributed by atoms with E-state index in [1.54, 1.807) is 17.7 Å². The van der Waals surface area contributed by atoms with Crippen LogP contribution in [0.15, 0.2) is 23.2 Å². The van der Waals surface area contributed by atoms with Gasteiger partial charge in [0.2, 0.25) is 0 Å². The lowest BCUT2D eigenvalue weighted by Crippen LogP contribution is -2.30. The van der Waals surface area contributed by atoms with Gasteiger partial charge in [0.1, 0.15) is 0 Å². The monoisotopic (exact) mass is 205 g/mol. The summed E-state index contributed by atoms with van der Waals surface area (Å²) < 4.78 is 0. The molecule has 0 aliphatic carbocycles. The molecule has 0 saturated heterocycles. The molecule has 2 N–H and O–H groups in total. The summed E-state index contributed by atoms with van der Waals surface area (Å²) in [6.07, 6.45) is 2.84. The number of hydrogen-bond acceptors (Lipinski definition) is 3. The quantitative estimate of drug-likeness (QED) is 0.744. The van der Waals surface area contributed by atoms with Gasteiger partial charge < -0.3 is 10.3 Å². The molecule has 3 heterocycles. The molecule has 1 unspecified atom stereocenters. The van der Waals surface area contributed by atoms with Gasteiger partial charge in [-0.25, -0.2) is 4.98 Å². The van der Waals surface area contributed by atoms with E-state index in [-0.39, 0.29) is 6.04 Å². The van der Waals surface area contributed by atoms with E-state index in [0.717, 1.165) is 18.7 Å². The Hall–Kier alpha value is -1.13. The Kier molecular flexibility index (Phi) is 1.89. The first-order chi connectivity index (χ1) is 6.95. The molecule has 3 rings (SSSR count). The van der Waals surface area contributed by atoms with Crippen molar-refractivity contribution in [2.24, 2.45) is 0 Å². The number of rotatable bonds is 1. The molecule has 14 heavy (non-hydrogen) atoms. The maximum absolute atomic E-state index is 4.38. The topological polar surface area (TPSA) is 40.7 Å². The molecule has 1 aliphatic rings. The van der Waals surface area contributed by atoms with Crippen molar-refractivity contribution in [3.8, 4) is 0 Å². The maximum Gasteiger partial charge on any atom is 0.0926 e. The molecule has 72 valence electrons. The van der Waals surface area contributed by atoms with Gasteiger partial charge in [-0.15, -0.1) is 0 Å². The van der Waals surface area contributed by atoms with E-state index in [9.17, 15) is 0 Å². The third kappa shape index (κ3) is 1.19. The molecule has 4 heteroatoms. The zero-order valence-corrected chi connectivity index (χ0v) is 8.47. The van der Waals surface area contributed by atoms with Crippen molar-refractivity contribution in [3.63, 3.8) is 0 Å². The fraction of sp³-hybridized carbons (Fsp3) is 0.300. The summed E-state index contributed by atoms with van der Waals surface area (Å²) in [5.41, 5.74) is 3.76. The lowest BCUT2D eigenvalue weighted by atomic mass is 10.0. The van der Waals surface area contributed by atoms with Crippen molar-refractivity contribution in [1.29, 1.82) is 0 Å². The molecule has 2 aromatic heterocycles. The predicted molar refractivity (Wildman–Crippen MR) is 56.5 cm³/mol. The molecule has 1 atom stereocenters. The van der Waals surface area contributed by atoms with Crippen molar-refractivity contribution >= 4 is 11.3 Å². The van der Waals surface area contributed by atoms with Gasteiger partial charge in [-0.2, -0.15) is 11.3 Å². The number of fused-ring (bicyclic) bond motifs is 1. The van der Waals surface area contributed by atoms with Crippen molar-refractivity contribution in [2.45, 2.75) is 12.5 Å². The normalized spacial score (nSPS) is 20.7. The molecule has 3 nitrogen and oxygen atoms in total. The van der Waals surface area contributed by atoms with Gasteiger partial charge in [0.15, 0.2) is 0 Å². The van der Waals surface area contributed by atoms with E-state index in [0.29, 0.717) is 0 Å². The zero-order valence-electron chi connectivity index (χ0n) is 7.66. The highest BCUT2D eigenvalue weighted by Crippen LogP contribution is 2.27. The Labute approximate surface area is 86.2 Å². The fourth-order valence-electron chi connectivity index (χ4n) is 1.93. The molecule has 2 aromatic rings. The Morgan fingerprint density at radius 2 is 2.50 bits per heavy atom. The molecule has 0 spiro atoms. The lowest BCUT2D eigenvalue weighted by molar-refractivity contribution is 0.555. The van der Waals surface area contributed by atoms with Crippen LogP contribution in [0.5, 0.6) is 0 Å². The first-order valence-electron chi connectivity index (χ1n) is 4.73. The predicted octanol–water partition coefficient (Wildman–Crippen LogP) is 1.71. The van der Waals surface area contributed by atoms with Crippen molar-refractivity contribution in [3.05, 3.63) is 40.1 Å². The highest BCUT2D eigenvalue weighted by Gasteiger charge is 2.23. The first-order valence-corrected chi connectivity index (χ1v) is 5.67. The van der Waals surface area contributed by atoms with Gasteiger partial charge in [0, 0.05) is 18.7 Å². The van der Waals surface area contributed by atoms with Crippen molar-refractivity contribution in [1.82, 2.24) is 15.3 Å². The third-order valence-electron chi connectivity index (χ3n) is 2.63. The zero-order chi connectivity index (χ0) is 9.38. The molecule has 0 saturated carbocycles. The smallest absolute Gasteiger partial charge is 0.0926 e. The van der Waals surface area contributed by atoms with E-state index in [1.165, 1.54) is 11.3 Å². The van der Waals surface area contributed by atoms with Gasteiger partial charge in [-0.1, -0.05) is 0 Å². The molecule has 0 amide bonds. The van der Waals surface area contributed by atoms with E-state index < -0.39 is 0 Å². The average molecular weight is 205 g/mol. The number of imidazole rings is 1. The van der Waals surface area contributed by atoms with Crippen LogP contribution in [0, 0.1) is 0 Å². The summed E-state index contributed by atoms with van der Waals surface area (Å²) in [5.74, 6) is 0. The second-order valence-electron chi connectivity index (χ2n) is 3.46. The minimum atomic E-state index is 0.288.